The van der Waals surface area contributed by atoms with Crippen LogP contribution in [0.1, 0.15) is 70.6 Å². The zero-order chi connectivity index (χ0) is 25.2. The number of nitrogens with two attached hydrogens (primary N) is 1. The van der Waals surface area contributed by atoms with Crippen LogP contribution in [0.5, 0.6) is 5.88 Å². The van der Waals surface area contributed by atoms with E-state index in [1.807, 2.05) is 12.1 Å². The molecule has 4 saturated carbocycles. The smallest absolute Gasteiger partial charge is 0.223 e. The third kappa shape index (κ3) is 4.74. The molecule has 0 unspecified atom stereocenters. The number of fused-ring (bicyclic) bond motifs is 3. The monoisotopic (exact) mass is 489 g/mol. The average molecular weight is 490 g/mol. The van der Waals surface area contributed by atoms with Gasteiger partial charge in [0.25, 0.3) is 0 Å². The van der Waals surface area contributed by atoms with E-state index in [2.05, 4.69) is 34.1 Å². The van der Waals surface area contributed by atoms with Gasteiger partial charge in [-0.3, -0.25) is 4.79 Å². The van der Waals surface area contributed by atoms with Gasteiger partial charge in [0.2, 0.25) is 11.8 Å². The Kier molecular flexibility index (Phi) is 6.80. The molecule has 192 valence electrons. The number of methoxy groups -OCH3 is 1. The summed E-state index contributed by atoms with van der Waals surface area (Å²) in [5, 5.41) is 0. The van der Waals surface area contributed by atoms with Crippen LogP contribution < -0.4 is 15.4 Å². The van der Waals surface area contributed by atoms with Crippen LogP contribution in [0, 0.1) is 16.2 Å². The Morgan fingerprint density at radius 2 is 1.67 bits per heavy atom. The number of aromatic nitrogens is 1. The fourth-order valence-corrected chi connectivity index (χ4v) is 7.05. The van der Waals surface area contributed by atoms with Crippen molar-refractivity contribution in [2.24, 2.45) is 22.0 Å². The molecule has 6 heteroatoms. The molecule has 2 bridgehead atoms. The molecule has 0 radical (unpaired) electrons. The first-order valence-corrected chi connectivity index (χ1v) is 13.5. The van der Waals surface area contributed by atoms with Crippen molar-refractivity contribution in [3.8, 4) is 17.0 Å². The lowest BCUT2D eigenvalue weighted by atomic mass is 9.53. The molecule has 0 spiro atoms. The van der Waals surface area contributed by atoms with Gasteiger partial charge in [0, 0.05) is 41.9 Å². The minimum Gasteiger partial charge on any atom is -0.481 e. The number of hydrogen-bond donors (Lipinski definition) is 1. The molecule has 6 rings (SSSR count). The third-order valence-corrected chi connectivity index (χ3v) is 9.54. The number of benzene rings is 1. The second-order valence-electron chi connectivity index (χ2n) is 11.7. The second kappa shape index (κ2) is 9.87. The van der Waals surface area contributed by atoms with E-state index in [1.165, 1.54) is 12.7 Å². The van der Waals surface area contributed by atoms with Crippen LogP contribution in [0.3, 0.4) is 0 Å². The van der Waals surface area contributed by atoms with Crippen LogP contribution in [0.2, 0.25) is 0 Å². The van der Waals surface area contributed by atoms with Crippen molar-refractivity contribution in [1.82, 2.24) is 4.98 Å². The van der Waals surface area contributed by atoms with Gasteiger partial charge in [-0.1, -0.05) is 31.4 Å². The third-order valence-electron chi connectivity index (χ3n) is 9.54. The fourth-order valence-electron chi connectivity index (χ4n) is 7.05. The summed E-state index contributed by atoms with van der Waals surface area (Å²) in [4.78, 5) is 31.4. The Morgan fingerprint density at radius 1 is 0.972 bits per heavy atom. The van der Waals surface area contributed by atoms with Crippen molar-refractivity contribution in [2.75, 3.05) is 25.1 Å². The highest BCUT2D eigenvalue weighted by molar-refractivity contribution is 5.81. The zero-order valence-corrected chi connectivity index (χ0v) is 21.5. The number of carbonyl (C=O) groups is 2. The summed E-state index contributed by atoms with van der Waals surface area (Å²) in [6.07, 6.45) is 14.2. The van der Waals surface area contributed by atoms with E-state index < -0.39 is 0 Å². The highest BCUT2D eigenvalue weighted by Gasteiger charge is 2.52. The molecule has 2 aromatic rings. The normalized spacial score (nSPS) is 26.8. The number of hydrogen-bond acceptors (Lipinski definition) is 5. The van der Waals surface area contributed by atoms with Gasteiger partial charge in [-0.05, 0) is 86.1 Å². The number of primary amides is 1. The molecule has 6 nitrogen and oxygen atoms in total. The predicted molar refractivity (Wildman–Crippen MR) is 142 cm³/mol. The minimum atomic E-state index is -0.291. The van der Waals surface area contributed by atoms with Crippen molar-refractivity contribution < 1.29 is 14.3 Å². The zero-order valence-electron chi connectivity index (χ0n) is 21.5. The van der Waals surface area contributed by atoms with E-state index in [1.54, 1.807) is 13.3 Å². The summed E-state index contributed by atoms with van der Waals surface area (Å²) in [6.45, 7) is 1.67. The van der Waals surface area contributed by atoms with Crippen molar-refractivity contribution >= 4 is 17.9 Å². The minimum absolute atomic E-state index is 0.116. The average Bonchev–Trinajstić information content (AvgIpc) is 2.94. The van der Waals surface area contributed by atoms with Gasteiger partial charge in [-0.25, -0.2) is 4.98 Å². The lowest BCUT2D eigenvalue weighted by Crippen LogP contribution is -2.53. The summed E-state index contributed by atoms with van der Waals surface area (Å²) in [6, 6.07) is 12.6. The summed E-state index contributed by atoms with van der Waals surface area (Å²) in [5.41, 5.74) is 8.74. The number of rotatable bonds is 9. The summed E-state index contributed by atoms with van der Waals surface area (Å²) < 4.78 is 5.35. The number of amides is 1. The van der Waals surface area contributed by atoms with Gasteiger partial charge in [-0.2, -0.15) is 0 Å². The standard InChI is InChI=1S/C30H39N3O3/c1-36-26-19-24(8-17-32-26)23-6-5-7-25(18-23)33(21-29(22-34)9-3-2-4-10-29)20-28-11-14-30(15-12-28,16-13-28)27(31)35/h5-8,17-19,22H,2-4,9-16,20-21H2,1H3,(H2,31,35). The lowest BCUT2D eigenvalue weighted by molar-refractivity contribution is -0.136. The number of aldehydes is 1. The maximum absolute atomic E-state index is 12.5. The molecule has 4 aliphatic rings. The molecule has 4 fully saturated rings. The van der Waals surface area contributed by atoms with Crippen LogP contribution in [-0.4, -0.2) is 37.4 Å². The maximum Gasteiger partial charge on any atom is 0.223 e. The van der Waals surface area contributed by atoms with E-state index >= 15 is 0 Å². The van der Waals surface area contributed by atoms with Gasteiger partial charge in [-0.15, -0.1) is 0 Å². The van der Waals surface area contributed by atoms with Crippen molar-refractivity contribution in [2.45, 2.75) is 70.6 Å². The van der Waals surface area contributed by atoms with Crippen molar-refractivity contribution in [3.05, 3.63) is 42.6 Å². The van der Waals surface area contributed by atoms with Crippen molar-refractivity contribution in [3.63, 3.8) is 0 Å². The maximum atomic E-state index is 12.5. The molecule has 4 aliphatic carbocycles. The Balaban J connectivity index is 1.46. The first-order chi connectivity index (χ1) is 17.4. The molecule has 0 aliphatic heterocycles. The van der Waals surface area contributed by atoms with E-state index in [0.717, 1.165) is 94.1 Å². The van der Waals surface area contributed by atoms with Crippen LogP contribution in [0.15, 0.2) is 42.6 Å². The lowest BCUT2D eigenvalue weighted by Gasteiger charge is -2.54. The summed E-state index contributed by atoms with van der Waals surface area (Å²) in [7, 11) is 1.63. The van der Waals surface area contributed by atoms with E-state index in [4.69, 9.17) is 10.5 Å². The number of ether oxygens (including phenoxy) is 1. The van der Waals surface area contributed by atoms with Gasteiger partial charge >= 0.3 is 0 Å². The number of carbonyl (C=O) groups excluding carboxylic acids is 2. The number of anilines is 1. The van der Waals surface area contributed by atoms with Crippen LogP contribution >= 0.6 is 0 Å². The molecule has 0 saturated heterocycles. The molecule has 0 atom stereocenters. The second-order valence-corrected chi connectivity index (χ2v) is 11.7. The van der Waals surface area contributed by atoms with Gasteiger partial charge in [0.05, 0.1) is 7.11 Å². The molecule has 1 aromatic carbocycles. The fraction of sp³-hybridized carbons (Fsp3) is 0.567. The van der Waals surface area contributed by atoms with Crippen LogP contribution in [-0.2, 0) is 9.59 Å². The van der Waals surface area contributed by atoms with E-state index in [-0.39, 0.29) is 22.2 Å². The molecule has 1 aromatic heterocycles. The van der Waals surface area contributed by atoms with E-state index in [0.29, 0.717) is 5.88 Å². The largest absolute Gasteiger partial charge is 0.481 e. The molecule has 36 heavy (non-hydrogen) atoms. The highest BCUT2D eigenvalue weighted by atomic mass is 16.5. The van der Waals surface area contributed by atoms with Crippen molar-refractivity contribution in [1.29, 1.82) is 0 Å². The molecular weight excluding hydrogens is 450 g/mol. The SMILES string of the molecule is COc1cc(-c2cccc(N(CC3(C=O)CCCCC3)CC34CCC(C(N)=O)(CC3)CC4)c2)ccn1. The Labute approximate surface area is 214 Å². The molecular formula is C30H39N3O3. The highest BCUT2D eigenvalue weighted by Crippen LogP contribution is 2.57. The Bertz CT molecular complexity index is 1080. The van der Waals surface area contributed by atoms with Gasteiger partial charge < -0.3 is 20.2 Å². The molecule has 2 N–H and O–H groups in total. The topological polar surface area (TPSA) is 85.5 Å². The first-order valence-electron chi connectivity index (χ1n) is 13.5. The summed E-state index contributed by atoms with van der Waals surface area (Å²) in [5.74, 6) is 0.480. The quantitative estimate of drug-likeness (QED) is 0.468. The number of pyridine rings is 1. The Hall–Kier alpha value is -2.89. The summed E-state index contributed by atoms with van der Waals surface area (Å²) >= 11 is 0. The van der Waals surface area contributed by atoms with Gasteiger partial charge in [0.1, 0.15) is 6.29 Å². The predicted octanol–water partition coefficient (Wildman–Crippen LogP) is 5.54. The number of nitrogens with zero attached hydrogens (tertiary/aromatic N) is 2. The molecule has 1 heterocycles. The van der Waals surface area contributed by atoms with Crippen LogP contribution in [0.25, 0.3) is 11.1 Å². The molecule has 1 amide bonds. The van der Waals surface area contributed by atoms with Crippen LogP contribution in [0.4, 0.5) is 5.69 Å². The Morgan fingerprint density at radius 3 is 2.31 bits per heavy atom. The van der Waals surface area contributed by atoms with E-state index in [9.17, 15) is 9.59 Å². The first kappa shape index (κ1) is 24.8. The van der Waals surface area contributed by atoms with Gasteiger partial charge in [0.15, 0.2) is 0 Å².